The smallest absolute Gasteiger partial charge is 0.543 e. The monoisotopic (exact) mass is 540 g/mol. The number of hydrogen-bond acceptors (Lipinski definition) is 8. The molecule has 0 aromatic carbocycles. The third kappa shape index (κ3) is 13.9. The normalized spacial score (nSPS) is 22.0. The van der Waals surface area contributed by atoms with Crippen LogP contribution in [0.3, 0.4) is 0 Å². The van der Waals surface area contributed by atoms with Gasteiger partial charge in [0.25, 0.3) is 0 Å². The third-order valence-corrected chi connectivity index (χ3v) is 4.12. The molecule has 1 fully saturated rings. The molecule has 9 nitrogen and oxygen atoms in total. The van der Waals surface area contributed by atoms with Crippen LogP contribution in [0.5, 0.6) is 0 Å². The molecular formula is C15H27N3O6Pt. The number of carbonyl (C=O) groups excluding carboxylic acids is 3. The fraction of sp³-hybridized carbons (Fsp3) is 0.800. The van der Waals surface area contributed by atoms with E-state index in [9.17, 15) is 4.79 Å². The number of nitrogens with one attached hydrogen (secondary N) is 1. The van der Waals surface area contributed by atoms with E-state index in [1.165, 1.54) is 19.3 Å². The number of carboxylic acids is 2. The van der Waals surface area contributed by atoms with Crippen LogP contribution in [-0.4, -0.2) is 35.1 Å². The quantitative estimate of drug-likeness (QED) is 0.121. The molecule has 1 saturated carbocycles. The van der Waals surface area contributed by atoms with Crippen molar-refractivity contribution >= 4 is 17.8 Å². The number of nitrogens with two attached hydrogens (primary N) is 2. The Morgan fingerprint density at radius 3 is 2.00 bits per heavy atom. The van der Waals surface area contributed by atoms with Gasteiger partial charge in [0.05, 0.1) is 11.9 Å². The van der Waals surface area contributed by atoms with E-state index in [1.54, 1.807) is 5.48 Å². The maximum Gasteiger partial charge on any atom is 2.00 e. The number of hydroxylamine groups is 1. The van der Waals surface area contributed by atoms with E-state index in [4.69, 9.17) is 36.5 Å². The van der Waals surface area contributed by atoms with Crippen molar-refractivity contribution in [2.24, 2.45) is 17.4 Å². The minimum Gasteiger partial charge on any atom is -0.543 e. The van der Waals surface area contributed by atoms with Gasteiger partial charge in [0, 0.05) is 18.5 Å². The molecule has 0 saturated heterocycles. The molecule has 0 spiro atoms. The molecule has 25 heavy (non-hydrogen) atoms. The molecule has 1 amide bonds. The Morgan fingerprint density at radius 2 is 1.52 bits per heavy atom. The van der Waals surface area contributed by atoms with Crippen molar-refractivity contribution in [3.63, 3.8) is 0 Å². The zero-order valence-electron chi connectivity index (χ0n) is 14.1. The van der Waals surface area contributed by atoms with Gasteiger partial charge in [-0.05, 0) is 31.6 Å². The molecule has 0 aromatic rings. The van der Waals surface area contributed by atoms with E-state index in [2.05, 4.69) is 0 Å². The Kier molecular flexibility index (Phi) is 16.0. The molecule has 1 aliphatic carbocycles. The first-order valence-electron chi connectivity index (χ1n) is 8.14. The number of amides is 1. The second-order valence-electron chi connectivity index (χ2n) is 6.07. The molecule has 3 atom stereocenters. The average molecular weight is 540 g/mol. The predicted octanol–water partition coefficient (Wildman–Crippen LogP) is -2.23. The summed E-state index contributed by atoms with van der Waals surface area (Å²) in [6.45, 7) is 0. The third-order valence-electron chi connectivity index (χ3n) is 4.12. The maximum atomic E-state index is 10.8. The Labute approximate surface area is 161 Å². The van der Waals surface area contributed by atoms with Crippen LogP contribution in [0.15, 0.2) is 0 Å². The molecule has 0 aliphatic heterocycles. The van der Waals surface area contributed by atoms with Crippen LogP contribution >= 0.6 is 0 Å². The standard InChI is InChI=1S/C13H27N3O2.C2H2O4.Pt/c14-11-8-7-10(9-12(11)15)5-3-1-2-4-6-13(17)16-18;3-1(4)2(5)6;/h10-12,18H,1-9,14-15H2,(H,16,17);(H,3,4)(H,5,6);/q;;+2/p-2/t10?,11-,12-;;/m1../s1. The van der Waals surface area contributed by atoms with Gasteiger partial charge in [-0.2, -0.15) is 0 Å². The topological polar surface area (TPSA) is 182 Å². The summed E-state index contributed by atoms with van der Waals surface area (Å²) in [6, 6.07) is 0.371. The summed E-state index contributed by atoms with van der Waals surface area (Å²) in [7, 11) is 0. The summed E-state index contributed by atoms with van der Waals surface area (Å²) >= 11 is 0. The van der Waals surface area contributed by atoms with Crippen LogP contribution in [0.25, 0.3) is 0 Å². The fourth-order valence-corrected chi connectivity index (χ4v) is 2.71. The van der Waals surface area contributed by atoms with E-state index in [-0.39, 0.29) is 39.1 Å². The van der Waals surface area contributed by atoms with Gasteiger partial charge >= 0.3 is 21.1 Å². The molecule has 0 bridgehead atoms. The molecule has 0 heterocycles. The fourth-order valence-electron chi connectivity index (χ4n) is 2.71. The zero-order valence-corrected chi connectivity index (χ0v) is 16.3. The second-order valence-corrected chi connectivity index (χ2v) is 6.07. The van der Waals surface area contributed by atoms with Crippen LogP contribution < -0.4 is 27.2 Å². The minimum absolute atomic E-state index is 0. The first-order chi connectivity index (χ1) is 11.3. The summed E-state index contributed by atoms with van der Waals surface area (Å²) in [4.78, 5) is 28.6. The van der Waals surface area contributed by atoms with Gasteiger partial charge in [-0.1, -0.05) is 25.7 Å². The molecule has 0 radical (unpaired) electrons. The van der Waals surface area contributed by atoms with E-state index < -0.39 is 11.9 Å². The summed E-state index contributed by atoms with van der Waals surface area (Å²) in [5.41, 5.74) is 13.5. The van der Waals surface area contributed by atoms with Crippen LogP contribution in [0.4, 0.5) is 0 Å². The van der Waals surface area contributed by atoms with E-state index in [1.807, 2.05) is 0 Å². The molecular weight excluding hydrogens is 513 g/mol. The van der Waals surface area contributed by atoms with Crippen molar-refractivity contribution in [1.29, 1.82) is 0 Å². The number of carbonyl (C=O) groups is 3. The number of hydrogen-bond donors (Lipinski definition) is 4. The molecule has 0 aromatic heterocycles. The predicted molar refractivity (Wildman–Crippen MR) is 80.9 cm³/mol. The SMILES string of the molecule is N[C@@H]1CCC(CCCCCCC(=O)NO)C[C@H]1N.O=C([O-])C(=O)[O-].[Pt+2]. The Balaban J connectivity index is 0. The summed E-state index contributed by atoms with van der Waals surface area (Å²) < 4.78 is 0. The average Bonchev–Trinajstić information content (AvgIpc) is 2.54. The summed E-state index contributed by atoms with van der Waals surface area (Å²) in [5, 5.41) is 26.2. The molecule has 1 rings (SSSR count). The van der Waals surface area contributed by atoms with Gasteiger partial charge in [0.2, 0.25) is 5.91 Å². The molecule has 1 unspecified atom stereocenters. The first kappa shape index (κ1) is 26.2. The van der Waals surface area contributed by atoms with Gasteiger partial charge < -0.3 is 31.3 Å². The van der Waals surface area contributed by atoms with Crippen molar-refractivity contribution in [2.45, 2.75) is 69.9 Å². The van der Waals surface area contributed by atoms with Gasteiger partial charge in [-0.3, -0.25) is 10.0 Å². The zero-order chi connectivity index (χ0) is 18.5. The summed E-state index contributed by atoms with van der Waals surface area (Å²) in [6.07, 6.45) is 9.22. The molecule has 10 heteroatoms. The van der Waals surface area contributed by atoms with Crippen molar-refractivity contribution in [3.05, 3.63) is 0 Å². The molecule has 148 valence electrons. The Bertz CT molecular complexity index is 399. The van der Waals surface area contributed by atoms with Crippen LogP contribution in [-0.2, 0) is 35.4 Å². The van der Waals surface area contributed by atoms with Crippen LogP contribution in [0.2, 0.25) is 0 Å². The number of carboxylic acid groups (broad SMARTS) is 2. The minimum atomic E-state index is -2.19. The van der Waals surface area contributed by atoms with E-state index in [0.717, 1.165) is 38.0 Å². The van der Waals surface area contributed by atoms with Crippen LogP contribution in [0.1, 0.15) is 57.8 Å². The van der Waals surface area contributed by atoms with E-state index in [0.29, 0.717) is 6.42 Å². The first-order valence-corrected chi connectivity index (χ1v) is 8.14. The maximum absolute atomic E-state index is 10.8. The number of aliphatic carboxylic acids is 2. The van der Waals surface area contributed by atoms with Crippen molar-refractivity contribution in [1.82, 2.24) is 5.48 Å². The van der Waals surface area contributed by atoms with E-state index >= 15 is 0 Å². The van der Waals surface area contributed by atoms with Gasteiger partial charge in [0.1, 0.15) is 0 Å². The number of unbranched alkanes of at least 4 members (excludes halogenated alkanes) is 3. The van der Waals surface area contributed by atoms with Crippen LogP contribution in [0, 0.1) is 5.92 Å². The van der Waals surface area contributed by atoms with Gasteiger partial charge in [-0.15, -0.1) is 0 Å². The molecule has 1 aliphatic rings. The largest absolute Gasteiger partial charge is 2.00 e. The second kappa shape index (κ2) is 15.3. The number of rotatable bonds is 7. The molecule has 6 N–H and O–H groups in total. The van der Waals surface area contributed by atoms with Crippen molar-refractivity contribution in [3.8, 4) is 0 Å². The van der Waals surface area contributed by atoms with Crippen molar-refractivity contribution < 1.29 is 50.9 Å². The van der Waals surface area contributed by atoms with Gasteiger partial charge in [-0.25, -0.2) is 5.48 Å². The Hall–Kier alpha value is -1.02. The van der Waals surface area contributed by atoms with Crippen molar-refractivity contribution in [2.75, 3.05) is 0 Å². The van der Waals surface area contributed by atoms with Gasteiger partial charge in [0.15, 0.2) is 0 Å². The summed E-state index contributed by atoms with van der Waals surface area (Å²) in [5.74, 6) is -3.92. The Morgan fingerprint density at radius 1 is 0.960 bits per heavy atom.